The van der Waals surface area contributed by atoms with Crippen LogP contribution in [0.4, 0.5) is 5.82 Å². The van der Waals surface area contributed by atoms with Gasteiger partial charge in [-0.2, -0.15) is 0 Å². The van der Waals surface area contributed by atoms with E-state index >= 15 is 0 Å². The highest BCUT2D eigenvalue weighted by Gasteiger charge is 2.41. The molecular weight excluding hydrogens is 388 g/mol. The quantitative estimate of drug-likeness (QED) is 0.686. The Bertz CT molecular complexity index is 1010. The predicted octanol–water partition coefficient (Wildman–Crippen LogP) is 3.34. The fourth-order valence-electron chi connectivity index (χ4n) is 5.80. The molecule has 1 N–H and O–H groups in total. The van der Waals surface area contributed by atoms with Gasteiger partial charge in [0.1, 0.15) is 11.5 Å². The van der Waals surface area contributed by atoms with E-state index in [0.717, 1.165) is 53.7 Å². The molecule has 3 aromatic rings. The van der Waals surface area contributed by atoms with Crippen LogP contribution < -0.4 is 5.32 Å². The molecule has 1 saturated carbocycles. The van der Waals surface area contributed by atoms with Gasteiger partial charge in [-0.15, -0.1) is 10.2 Å². The van der Waals surface area contributed by atoms with Crippen LogP contribution in [-0.2, 0) is 4.74 Å². The van der Waals surface area contributed by atoms with Gasteiger partial charge in [0.05, 0.1) is 5.69 Å². The number of nitrogens with one attached hydrogen (secondary N) is 1. The fourth-order valence-corrected chi connectivity index (χ4v) is 5.80. The SMILES string of the molecule is c1cn2cc(-c3ccc(NC4CC5CN(CC6CCOCC6)CC5C4)nn3)ccc2n1. The Labute approximate surface area is 182 Å². The third-order valence-electron chi connectivity index (χ3n) is 7.38. The summed E-state index contributed by atoms with van der Waals surface area (Å²) in [5, 5.41) is 12.6. The highest BCUT2D eigenvalue weighted by atomic mass is 16.5. The van der Waals surface area contributed by atoms with Crippen LogP contribution in [-0.4, -0.2) is 63.4 Å². The van der Waals surface area contributed by atoms with E-state index in [1.807, 2.05) is 28.9 Å². The van der Waals surface area contributed by atoms with Gasteiger partial charge in [-0.25, -0.2) is 4.98 Å². The zero-order valence-electron chi connectivity index (χ0n) is 17.9. The molecule has 2 atom stereocenters. The molecule has 3 aliphatic rings. The average Bonchev–Trinajstić information content (AvgIpc) is 3.49. The van der Waals surface area contributed by atoms with E-state index in [9.17, 15) is 0 Å². The maximum Gasteiger partial charge on any atom is 0.148 e. The second-order valence-electron chi connectivity index (χ2n) is 9.52. The zero-order chi connectivity index (χ0) is 20.6. The lowest BCUT2D eigenvalue weighted by Gasteiger charge is -2.27. The standard InChI is InChI=1S/C24H30N6O/c1-4-24-25-7-8-30(24)16-18(1)22-2-3-23(28-27-22)26-21-11-19-14-29(15-20(19)12-21)13-17-5-9-31-10-6-17/h1-4,7-8,16-17,19-21H,5-6,9-15H2,(H,26,28). The summed E-state index contributed by atoms with van der Waals surface area (Å²) in [5.41, 5.74) is 2.87. The van der Waals surface area contributed by atoms with Gasteiger partial charge in [0.25, 0.3) is 0 Å². The number of rotatable bonds is 5. The van der Waals surface area contributed by atoms with E-state index in [0.29, 0.717) is 6.04 Å². The Morgan fingerprint density at radius 2 is 1.84 bits per heavy atom. The van der Waals surface area contributed by atoms with E-state index in [-0.39, 0.29) is 0 Å². The van der Waals surface area contributed by atoms with Crippen LogP contribution in [0.5, 0.6) is 0 Å². The van der Waals surface area contributed by atoms with Crippen molar-refractivity contribution in [3.63, 3.8) is 0 Å². The third-order valence-corrected chi connectivity index (χ3v) is 7.38. The van der Waals surface area contributed by atoms with Gasteiger partial charge in [-0.05, 0) is 67.7 Å². The molecule has 0 radical (unpaired) electrons. The average molecular weight is 419 g/mol. The molecule has 1 aliphatic carbocycles. The van der Waals surface area contributed by atoms with Crippen molar-refractivity contribution < 1.29 is 4.74 Å². The van der Waals surface area contributed by atoms with Gasteiger partial charge in [-0.1, -0.05) is 0 Å². The number of ether oxygens (including phenoxy) is 1. The molecule has 2 unspecified atom stereocenters. The van der Waals surface area contributed by atoms with E-state index < -0.39 is 0 Å². The predicted molar refractivity (Wildman–Crippen MR) is 120 cm³/mol. The van der Waals surface area contributed by atoms with Crippen molar-refractivity contribution in [1.82, 2.24) is 24.5 Å². The maximum atomic E-state index is 5.51. The van der Waals surface area contributed by atoms with Gasteiger partial charge >= 0.3 is 0 Å². The van der Waals surface area contributed by atoms with Crippen molar-refractivity contribution in [2.24, 2.45) is 17.8 Å². The molecule has 31 heavy (non-hydrogen) atoms. The van der Waals surface area contributed by atoms with Crippen molar-refractivity contribution in [2.45, 2.75) is 31.7 Å². The first kappa shape index (κ1) is 19.2. The molecule has 7 heteroatoms. The topological polar surface area (TPSA) is 67.6 Å². The van der Waals surface area contributed by atoms with E-state index in [2.05, 4.69) is 37.5 Å². The fraction of sp³-hybridized carbons (Fsp3) is 0.542. The van der Waals surface area contributed by atoms with Crippen LogP contribution in [0.25, 0.3) is 16.9 Å². The molecule has 3 fully saturated rings. The van der Waals surface area contributed by atoms with E-state index in [4.69, 9.17) is 4.74 Å². The Morgan fingerprint density at radius 3 is 2.61 bits per heavy atom. The zero-order valence-corrected chi connectivity index (χ0v) is 17.9. The van der Waals surface area contributed by atoms with Crippen LogP contribution in [0.15, 0.2) is 42.9 Å². The number of imidazole rings is 1. The van der Waals surface area contributed by atoms with Crippen molar-refractivity contribution >= 4 is 11.5 Å². The van der Waals surface area contributed by atoms with Crippen molar-refractivity contribution in [3.05, 3.63) is 42.9 Å². The Morgan fingerprint density at radius 1 is 1.00 bits per heavy atom. The van der Waals surface area contributed by atoms with E-state index in [1.165, 1.54) is 45.3 Å². The Kier molecular flexibility index (Phi) is 5.08. The first-order chi connectivity index (χ1) is 15.3. The number of anilines is 1. The minimum Gasteiger partial charge on any atom is -0.381 e. The number of fused-ring (bicyclic) bond motifs is 2. The molecule has 0 aromatic carbocycles. The molecule has 5 heterocycles. The van der Waals surface area contributed by atoms with Crippen LogP contribution in [0.1, 0.15) is 25.7 Å². The summed E-state index contributed by atoms with van der Waals surface area (Å²) in [5.74, 6) is 3.37. The first-order valence-electron chi connectivity index (χ1n) is 11.6. The van der Waals surface area contributed by atoms with Gasteiger partial charge in [0.15, 0.2) is 0 Å². The second kappa shape index (κ2) is 8.20. The summed E-state index contributed by atoms with van der Waals surface area (Å²) in [6.45, 7) is 5.71. The van der Waals surface area contributed by atoms with Crippen LogP contribution in [0, 0.1) is 17.8 Å². The van der Waals surface area contributed by atoms with Gasteiger partial charge in [0.2, 0.25) is 0 Å². The summed E-state index contributed by atoms with van der Waals surface area (Å²) < 4.78 is 7.52. The smallest absolute Gasteiger partial charge is 0.148 e. The maximum absolute atomic E-state index is 5.51. The summed E-state index contributed by atoms with van der Waals surface area (Å²) in [6, 6.07) is 8.68. The number of pyridine rings is 1. The molecule has 0 spiro atoms. The molecule has 2 aliphatic heterocycles. The number of hydrogen-bond acceptors (Lipinski definition) is 6. The highest BCUT2D eigenvalue weighted by molar-refractivity contribution is 5.61. The van der Waals surface area contributed by atoms with E-state index in [1.54, 1.807) is 6.20 Å². The molecule has 0 amide bonds. The minimum absolute atomic E-state index is 0.516. The lowest BCUT2D eigenvalue weighted by atomic mass is 10.00. The monoisotopic (exact) mass is 418 g/mol. The highest BCUT2D eigenvalue weighted by Crippen LogP contribution is 2.39. The molecule has 6 rings (SSSR count). The number of aromatic nitrogens is 4. The largest absolute Gasteiger partial charge is 0.381 e. The van der Waals surface area contributed by atoms with Crippen molar-refractivity contribution in [2.75, 3.05) is 38.2 Å². The summed E-state index contributed by atoms with van der Waals surface area (Å²) in [7, 11) is 0. The lowest BCUT2D eigenvalue weighted by molar-refractivity contribution is 0.0545. The van der Waals surface area contributed by atoms with Crippen LogP contribution >= 0.6 is 0 Å². The third kappa shape index (κ3) is 4.04. The second-order valence-corrected chi connectivity index (χ2v) is 9.52. The number of likely N-dealkylation sites (tertiary alicyclic amines) is 1. The van der Waals surface area contributed by atoms with Crippen molar-refractivity contribution in [3.8, 4) is 11.3 Å². The summed E-state index contributed by atoms with van der Waals surface area (Å²) in [4.78, 5) is 7.01. The molecule has 2 saturated heterocycles. The number of nitrogens with zero attached hydrogens (tertiary/aromatic N) is 5. The molecular formula is C24H30N6O. The van der Waals surface area contributed by atoms with Crippen molar-refractivity contribution in [1.29, 1.82) is 0 Å². The van der Waals surface area contributed by atoms with Gasteiger partial charge in [-0.3, -0.25) is 0 Å². The minimum atomic E-state index is 0.516. The number of hydrogen-bond donors (Lipinski definition) is 1. The lowest BCUT2D eigenvalue weighted by Crippen LogP contribution is -2.32. The van der Waals surface area contributed by atoms with Crippen LogP contribution in [0.2, 0.25) is 0 Å². The van der Waals surface area contributed by atoms with Gasteiger partial charge < -0.3 is 19.4 Å². The molecule has 3 aromatic heterocycles. The Hall–Kier alpha value is -2.51. The Balaban J connectivity index is 1.03. The van der Waals surface area contributed by atoms with Crippen LogP contribution in [0.3, 0.4) is 0 Å². The van der Waals surface area contributed by atoms with Gasteiger partial charge in [0, 0.05) is 63.0 Å². The molecule has 162 valence electrons. The first-order valence-corrected chi connectivity index (χ1v) is 11.6. The summed E-state index contributed by atoms with van der Waals surface area (Å²) >= 11 is 0. The normalized spacial score (nSPS) is 27.0. The molecule has 7 nitrogen and oxygen atoms in total. The molecule has 0 bridgehead atoms. The summed E-state index contributed by atoms with van der Waals surface area (Å²) in [6.07, 6.45) is 10.8.